The summed E-state index contributed by atoms with van der Waals surface area (Å²) in [6.07, 6.45) is 1.95. The van der Waals surface area contributed by atoms with Gasteiger partial charge < -0.3 is 16.4 Å². The maximum atomic E-state index is 11.0. The molecule has 0 aliphatic heterocycles. The van der Waals surface area contributed by atoms with Crippen molar-refractivity contribution in [2.24, 2.45) is 5.73 Å². The lowest BCUT2D eigenvalue weighted by molar-refractivity contribution is -0.117. The summed E-state index contributed by atoms with van der Waals surface area (Å²) in [6, 6.07) is 27.4. The third-order valence-electron chi connectivity index (χ3n) is 4.46. The maximum absolute atomic E-state index is 11.0. The van der Waals surface area contributed by atoms with Crippen molar-refractivity contribution in [3.05, 3.63) is 96.7 Å². The molecule has 1 heterocycles. The van der Waals surface area contributed by atoms with Crippen LogP contribution in [0, 0.1) is 0 Å². The summed E-state index contributed by atoms with van der Waals surface area (Å²) in [7, 11) is 0. The van der Waals surface area contributed by atoms with Gasteiger partial charge in [-0.2, -0.15) is 0 Å². The minimum atomic E-state index is -0.351. The highest BCUT2D eigenvalue weighted by molar-refractivity contribution is 5.76. The molecule has 148 valence electrons. The van der Waals surface area contributed by atoms with Crippen LogP contribution in [0.1, 0.15) is 5.56 Å². The van der Waals surface area contributed by atoms with Crippen molar-refractivity contribution in [3.8, 4) is 11.3 Å². The number of amides is 1. The Kier molecular flexibility index (Phi) is 5.66. The second-order valence-corrected chi connectivity index (χ2v) is 6.80. The molecule has 0 aliphatic carbocycles. The molecule has 0 spiro atoms. The maximum Gasteiger partial charge on any atom is 0.227 e. The Bertz CT molecular complexity index is 1140. The normalized spacial score (nSPS) is 10.4. The van der Waals surface area contributed by atoms with E-state index in [1.54, 1.807) is 6.20 Å². The quantitative estimate of drug-likeness (QED) is 0.423. The van der Waals surface area contributed by atoms with E-state index in [0.717, 1.165) is 33.9 Å². The first-order chi connectivity index (χ1) is 14.7. The minimum absolute atomic E-state index is 0.222. The number of hydrogen-bond donors (Lipinski definition) is 3. The topological polar surface area (TPSA) is 92.9 Å². The summed E-state index contributed by atoms with van der Waals surface area (Å²) in [5.74, 6) is 0.146. The number of benzene rings is 3. The highest BCUT2D eigenvalue weighted by Crippen LogP contribution is 2.24. The third-order valence-corrected chi connectivity index (χ3v) is 4.46. The van der Waals surface area contributed by atoms with Gasteiger partial charge in [-0.1, -0.05) is 42.5 Å². The first kappa shape index (κ1) is 19.1. The van der Waals surface area contributed by atoms with E-state index in [1.165, 1.54) is 0 Å². The van der Waals surface area contributed by atoms with Crippen molar-refractivity contribution < 1.29 is 4.79 Å². The fraction of sp³-hybridized carbons (Fsp3) is 0.0417. The van der Waals surface area contributed by atoms with E-state index < -0.39 is 0 Å². The molecule has 0 aliphatic rings. The molecule has 0 unspecified atom stereocenters. The van der Waals surface area contributed by atoms with Crippen molar-refractivity contribution in [2.75, 3.05) is 10.6 Å². The Morgan fingerprint density at radius 1 is 0.800 bits per heavy atom. The average Bonchev–Trinajstić information content (AvgIpc) is 2.76. The second-order valence-electron chi connectivity index (χ2n) is 6.80. The van der Waals surface area contributed by atoms with Crippen LogP contribution in [0.15, 0.2) is 91.1 Å². The van der Waals surface area contributed by atoms with Gasteiger partial charge in [-0.15, -0.1) is 0 Å². The zero-order valence-electron chi connectivity index (χ0n) is 16.2. The van der Waals surface area contributed by atoms with Crippen LogP contribution >= 0.6 is 0 Å². The standard InChI is InChI=1S/C24H21N5O/c25-23(30)15-17-9-11-20(12-10-17)28-24-26-14-13-22(29-24)18-5-4-8-21(16-18)27-19-6-2-1-3-7-19/h1-14,16,27H,15H2,(H2,25,30)(H,26,28,29). The van der Waals surface area contributed by atoms with Gasteiger partial charge >= 0.3 is 0 Å². The number of anilines is 4. The number of carbonyl (C=O) groups is 1. The summed E-state index contributed by atoms with van der Waals surface area (Å²) in [5.41, 5.74) is 10.7. The molecule has 0 atom stereocenters. The molecule has 4 aromatic rings. The molecule has 0 saturated heterocycles. The molecule has 0 radical (unpaired) electrons. The lowest BCUT2D eigenvalue weighted by atomic mass is 10.1. The smallest absolute Gasteiger partial charge is 0.227 e. The van der Waals surface area contributed by atoms with Crippen LogP contribution in [0.25, 0.3) is 11.3 Å². The van der Waals surface area contributed by atoms with Crippen LogP contribution in [-0.4, -0.2) is 15.9 Å². The van der Waals surface area contributed by atoms with Gasteiger partial charge in [0.15, 0.2) is 0 Å². The zero-order chi connectivity index (χ0) is 20.8. The van der Waals surface area contributed by atoms with E-state index in [2.05, 4.69) is 26.7 Å². The molecule has 30 heavy (non-hydrogen) atoms. The lowest BCUT2D eigenvalue weighted by Crippen LogP contribution is -2.13. The van der Waals surface area contributed by atoms with E-state index in [9.17, 15) is 4.79 Å². The molecular weight excluding hydrogens is 374 g/mol. The molecule has 4 N–H and O–H groups in total. The number of para-hydroxylation sites is 1. The average molecular weight is 395 g/mol. The molecule has 0 saturated carbocycles. The van der Waals surface area contributed by atoms with E-state index in [4.69, 9.17) is 5.73 Å². The molecule has 1 aromatic heterocycles. The van der Waals surface area contributed by atoms with Crippen LogP contribution in [0.5, 0.6) is 0 Å². The lowest BCUT2D eigenvalue weighted by Gasteiger charge is -2.10. The first-order valence-corrected chi connectivity index (χ1v) is 9.55. The predicted octanol–water partition coefficient (Wildman–Crippen LogP) is 4.66. The van der Waals surface area contributed by atoms with Crippen molar-refractivity contribution >= 4 is 28.9 Å². The summed E-state index contributed by atoms with van der Waals surface area (Å²) in [4.78, 5) is 20.0. The van der Waals surface area contributed by atoms with Crippen LogP contribution < -0.4 is 16.4 Å². The Morgan fingerprint density at radius 2 is 1.53 bits per heavy atom. The van der Waals surface area contributed by atoms with E-state index in [0.29, 0.717) is 5.95 Å². The number of rotatable bonds is 7. The number of nitrogens with one attached hydrogen (secondary N) is 2. The first-order valence-electron chi connectivity index (χ1n) is 9.55. The van der Waals surface area contributed by atoms with Gasteiger partial charge in [-0.3, -0.25) is 4.79 Å². The predicted molar refractivity (Wildman–Crippen MR) is 120 cm³/mol. The second kappa shape index (κ2) is 8.87. The Balaban J connectivity index is 1.50. The van der Waals surface area contributed by atoms with Crippen molar-refractivity contribution in [1.29, 1.82) is 0 Å². The van der Waals surface area contributed by atoms with Crippen LogP contribution in [0.4, 0.5) is 23.0 Å². The van der Waals surface area contributed by atoms with Gasteiger partial charge in [0.05, 0.1) is 12.1 Å². The van der Waals surface area contributed by atoms with E-state index >= 15 is 0 Å². The van der Waals surface area contributed by atoms with Crippen molar-refractivity contribution in [2.45, 2.75) is 6.42 Å². The molecule has 4 rings (SSSR count). The molecule has 3 aromatic carbocycles. The summed E-state index contributed by atoms with van der Waals surface area (Å²) in [6.45, 7) is 0. The number of carbonyl (C=O) groups excluding carboxylic acids is 1. The summed E-state index contributed by atoms with van der Waals surface area (Å²) in [5, 5.41) is 6.59. The molecule has 0 fully saturated rings. The Hall–Kier alpha value is -4.19. The summed E-state index contributed by atoms with van der Waals surface area (Å²) < 4.78 is 0. The van der Waals surface area contributed by atoms with E-state index in [-0.39, 0.29) is 12.3 Å². The number of primary amides is 1. The third kappa shape index (κ3) is 4.99. The van der Waals surface area contributed by atoms with Gasteiger partial charge in [0.1, 0.15) is 0 Å². The van der Waals surface area contributed by atoms with Gasteiger partial charge in [0.2, 0.25) is 11.9 Å². The van der Waals surface area contributed by atoms with Crippen molar-refractivity contribution in [1.82, 2.24) is 9.97 Å². The van der Waals surface area contributed by atoms with Gasteiger partial charge in [0, 0.05) is 28.8 Å². The van der Waals surface area contributed by atoms with Crippen LogP contribution in [0.3, 0.4) is 0 Å². The Labute approximate surface area is 174 Å². The molecular formula is C24H21N5O. The van der Waals surface area contributed by atoms with Crippen LogP contribution in [0.2, 0.25) is 0 Å². The minimum Gasteiger partial charge on any atom is -0.369 e. The fourth-order valence-electron chi connectivity index (χ4n) is 3.06. The largest absolute Gasteiger partial charge is 0.369 e. The van der Waals surface area contributed by atoms with Gasteiger partial charge in [-0.05, 0) is 48.0 Å². The number of hydrogen-bond acceptors (Lipinski definition) is 5. The van der Waals surface area contributed by atoms with Crippen molar-refractivity contribution in [3.63, 3.8) is 0 Å². The van der Waals surface area contributed by atoms with E-state index in [1.807, 2.05) is 78.9 Å². The molecule has 6 heteroatoms. The number of aromatic nitrogens is 2. The number of nitrogens with zero attached hydrogens (tertiary/aromatic N) is 2. The SMILES string of the molecule is NC(=O)Cc1ccc(Nc2nccc(-c3cccc(Nc4ccccc4)c3)n2)cc1. The molecule has 1 amide bonds. The fourth-order valence-corrected chi connectivity index (χ4v) is 3.06. The van der Waals surface area contributed by atoms with Gasteiger partial charge in [0.25, 0.3) is 0 Å². The molecule has 6 nitrogen and oxygen atoms in total. The Morgan fingerprint density at radius 3 is 2.30 bits per heavy atom. The zero-order valence-corrected chi connectivity index (χ0v) is 16.2. The molecule has 0 bridgehead atoms. The van der Waals surface area contributed by atoms with Gasteiger partial charge in [-0.25, -0.2) is 9.97 Å². The number of nitrogens with two attached hydrogens (primary N) is 1. The monoisotopic (exact) mass is 395 g/mol. The highest BCUT2D eigenvalue weighted by atomic mass is 16.1. The van der Waals surface area contributed by atoms with Crippen LogP contribution in [-0.2, 0) is 11.2 Å². The summed E-state index contributed by atoms with van der Waals surface area (Å²) >= 11 is 0. The highest BCUT2D eigenvalue weighted by Gasteiger charge is 2.05.